The summed E-state index contributed by atoms with van der Waals surface area (Å²) in [6.07, 6.45) is 0. The summed E-state index contributed by atoms with van der Waals surface area (Å²) in [6, 6.07) is 11.2. The van der Waals surface area contributed by atoms with Crippen molar-refractivity contribution in [3.05, 3.63) is 63.7 Å². The quantitative estimate of drug-likeness (QED) is 0.632. The largest absolute Gasteiger partial charge is 0.487 e. The van der Waals surface area contributed by atoms with Crippen LogP contribution in [-0.2, 0) is 16.2 Å². The second-order valence-corrected chi connectivity index (χ2v) is 5.92. The molecule has 0 bridgehead atoms. The van der Waals surface area contributed by atoms with Crippen LogP contribution in [0.2, 0.25) is 5.02 Å². The van der Waals surface area contributed by atoms with Gasteiger partial charge < -0.3 is 14.9 Å². The lowest BCUT2D eigenvalue weighted by Crippen LogP contribution is -2.29. The highest BCUT2D eigenvalue weighted by Crippen LogP contribution is 2.28. The first-order valence-corrected chi connectivity index (χ1v) is 8.16. The fourth-order valence-electron chi connectivity index (χ4n) is 2.32. The van der Waals surface area contributed by atoms with E-state index in [9.17, 15) is 4.79 Å². The van der Waals surface area contributed by atoms with Crippen molar-refractivity contribution in [1.29, 1.82) is 0 Å². The Balaban J connectivity index is 2.31. The van der Waals surface area contributed by atoms with Gasteiger partial charge >= 0.3 is 0 Å². The summed E-state index contributed by atoms with van der Waals surface area (Å²) in [7, 11) is 2.94. The van der Waals surface area contributed by atoms with Gasteiger partial charge in [-0.2, -0.15) is 0 Å². The number of hydrogen-bond acceptors (Lipinski definition) is 4. The average molecular weight is 361 g/mol. The highest BCUT2D eigenvalue weighted by Gasteiger charge is 2.17. The van der Waals surface area contributed by atoms with Crippen molar-refractivity contribution in [2.45, 2.75) is 20.5 Å². The van der Waals surface area contributed by atoms with Crippen molar-refractivity contribution in [3.63, 3.8) is 0 Å². The molecule has 0 aliphatic rings. The maximum Gasteiger partial charge on any atom is 0.273 e. The van der Waals surface area contributed by atoms with Crippen LogP contribution in [0.15, 0.2) is 41.6 Å². The third kappa shape index (κ3) is 4.51. The molecule has 1 N–H and O–H groups in total. The molecule has 0 radical (unpaired) electrons. The number of hydrogen-bond donors (Lipinski definition) is 1. The first kappa shape index (κ1) is 18.8. The lowest BCUT2D eigenvalue weighted by atomic mass is 10.0. The Hall–Kier alpha value is -2.53. The highest BCUT2D eigenvalue weighted by molar-refractivity contribution is 6.45. The first-order chi connectivity index (χ1) is 12.0. The molecule has 0 atom stereocenters. The maximum absolute atomic E-state index is 12.1. The standard InChI is InChI=1S/C19H21ClN2O3/c1-12-9-16(20)17(10-13(12)2)25-11-14-7-5-6-8-15(14)18(22-24-4)19(23)21-3/h5-10H,11H2,1-4H3,(H,21,23)/b22-18+. The molecule has 2 aromatic carbocycles. The summed E-state index contributed by atoms with van der Waals surface area (Å²) < 4.78 is 5.88. The Morgan fingerprint density at radius 3 is 2.56 bits per heavy atom. The number of nitrogens with one attached hydrogen (secondary N) is 1. The molecule has 6 heteroatoms. The predicted octanol–water partition coefficient (Wildman–Crippen LogP) is 3.63. The number of nitrogens with zero attached hydrogens (tertiary/aromatic N) is 1. The zero-order chi connectivity index (χ0) is 18.4. The van der Waals surface area contributed by atoms with Crippen LogP contribution < -0.4 is 10.1 Å². The Kier molecular flexibility index (Phi) is 6.42. The zero-order valence-corrected chi connectivity index (χ0v) is 15.5. The lowest BCUT2D eigenvalue weighted by molar-refractivity contribution is -0.114. The number of halogens is 1. The molecule has 0 heterocycles. The molecule has 0 aliphatic heterocycles. The second kappa shape index (κ2) is 8.53. The Labute approximate surface area is 152 Å². The van der Waals surface area contributed by atoms with Crippen molar-refractivity contribution in [2.75, 3.05) is 14.2 Å². The van der Waals surface area contributed by atoms with Crippen LogP contribution in [-0.4, -0.2) is 25.8 Å². The molecule has 0 unspecified atom stereocenters. The van der Waals surface area contributed by atoms with Crippen molar-refractivity contribution in [2.24, 2.45) is 5.16 Å². The van der Waals surface area contributed by atoms with Gasteiger partial charge in [-0.25, -0.2) is 0 Å². The van der Waals surface area contributed by atoms with Gasteiger partial charge in [0.25, 0.3) is 5.91 Å². The van der Waals surface area contributed by atoms with E-state index in [2.05, 4.69) is 10.5 Å². The molecular weight excluding hydrogens is 340 g/mol. The van der Waals surface area contributed by atoms with Gasteiger partial charge in [0.2, 0.25) is 0 Å². The van der Waals surface area contributed by atoms with E-state index in [-0.39, 0.29) is 18.2 Å². The van der Waals surface area contributed by atoms with Gasteiger partial charge in [0.15, 0.2) is 5.71 Å². The van der Waals surface area contributed by atoms with Crippen LogP contribution in [0.4, 0.5) is 0 Å². The van der Waals surface area contributed by atoms with E-state index in [0.717, 1.165) is 16.7 Å². The van der Waals surface area contributed by atoms with E-state index in [0.29, 0.717) is 16.3 Å². The molecule has 5 nitrogen and oxygen atoms in total. The van der Waals surface area contributed by atoms with Crippen molar-refractivity contribution < 1.29 is 14.4 Å². The van der Waals surface area contributed by atoms with Gasteiger partial charge in [0.05, 0.1) is 5.02 Å². The van der Waals surface area contributed by atoms with Crippen LogP contribution in [0, 0.1) is 13.8 Å². The minimum absolute atomic E-state index is 0.190. The summed E-state index contributed by atoms with van der Waals surface area (Å²) in [5.41, 5.74) is 3.83. The number of carbonyl (C=O) groups excluding carboxylic acids is 1. The van der Waals surface area contributed by atoms with E-state index >= 15 is 0 Å². The normalized spacial score (nSPS) is 11.2. The minimum Gasteiger partial charge on any atom is -0.487 e. The topological polar surface area (TPSA) is 59.9 Å². The molecule has 2 aromatic rings. The molecule has 1 amide bonds. The van der Waals surface area contributed by atoms with Crippen LogP contribution in [0.1, 0.15) is 22.3 Å². The Bertz CT molecular complexity index is 803. The third-order valence-electron chi connectivity index (χ3n) is 3.83. The van der Waals surface area contributed by atoms with Crippen molar-refractivity contribution in [1.82, 2.24) is 5.32 Å². The predicted molar refractivity (Wildman–Crippen MR) is 99.3 cm³/mol. The number of benzene rings is 2. The van der Waals surface area contributed by atoms with Crippen LogP contribution >= 0.6 is 11.6 Å². The van der Waals surface area contributed by atoms with Gasteiger partial charge in [0.1, 0.15) is 19.5 Å². The van der Waals surface area contributed by atoms with Crippen LogP contribution in [0.3, 0.4) is 0 Å². The number of likely N-dealkylation sites (N-methyl/N-ethyl adjacent to an activating group) is 1. The summed E-state index contributed by atoms with van der Waals surface area (Å²) in [5.74, 6) is 0.267. The van der Waals surface area contributed by atoms with E-state index in [1.165, 1.54) is 7.11 Å². The second-order valence-electron chi connectivity index (χ2n) is 5.51. The van der Waals surface area contributed by atoms with Gasteiger partial charge in [0, 0.05) is 12.6 Å². The SMILES string of the molecule is CNC(=O)/C(=N/OC)c1ccccc1COc1cc(C)c(C)cc1Cl. The number of oxime groups is 1. The van der Waals surface area contributed by atoms with Crippen LogP contribution in [0.5, 0.6) is 5.75 Å². The minimum atomic E-state index is -0.335. The van der Waals surface area contributed by atoms with Gasteiger partial charge in [-0.15, -0.1) is 0 Å². The number of carbonyl (C=O) groups is 1. The van der Waals surface area contributed by atoms with Crippen LogP contribution in [0.25, 0.3) is 0 Å². The number of amides is 1. The van der Waals surface area contributed by atoms with E-state index in [1.807, 2.05) is 44.2 Å². The van der Waals surface area contributed by atoms with Gasteiger partial charge in [-0.1, -0.05) is 41.0 Å². The molecule has 0 spiro atoms. The van der Waals surface area contributed by atoms with E-state index in [1.54, 1.807) is 13.1 Å². The zero-order valence-electron chi connectivity index (χ0n) is 14.7. The van der Waals surface area contributed by atoms with Crippen molar-refractivity contribution >= 4 is 23.2 Å². The number of aryl methyl sites for hydroxylation is 2. The molecule has 0 saturated carbocycles. The molecule has 0 aromatic heterocycles. The summed E-state index contributed by atoms with van der Waals surface area (Å²) >= 11 is 6.26. The molecule has 2 rings (SSSR count). The number of rotatable bonds is 6. The molecule has 25 heavy (non-hydrogen) atoms. The molecule has 0 fully saturated rings. The third-order valence-corrected chi connectivity index (χ3v) is 4.12. The van der Waals surface area contributed by atoms with Gasteiger partial charge in [-0.3, -0.25) is 4.79 Å². The van der Waals surface area contributed by atoms with E-state index < -0.39 is 0 Å². The maximum atomic E-state index is 12.1. The van der Waals surface area contributed by atoms with Gasteiger partial charge in [-0.05, 0) is 42.7 Å². The van der Waals surface area contributed by atoms with E-state index in [4.69, 9.17) is 21.2 Å². The molecular formula is C19H21ClN2O3. The monoisotopic (exact) mass is 360 g/mol. The average Bonchev–Trinajstić information content (AvgIpc) is 2.61. The highest BCUT2D eigenvalue weighted by atomic mass is 35.5. The summed E-state index contributed by atoms with van der Waals surface area (Å²) in [4.78, 5) is 16.9. The molecule has 0 saturated heterocycles. The Morgan fingerprint density at radius 1 is 1.20 bits per heavy atom. The fourth-order valence-corrected chi connectivity index (χ4v) is 2.59. The summed E-state index contributed by atoms with van der Waals surface area (Å²) in [6.45, 7) is 4.25. The lowest BCUT2D eigenvalue weighted by Gasteiger charge is -2.14. The smallest absolute Gasteiger partial charge is 0.273 e. The Morgan fingerprint density at radius 2 is 1.88 bits per heavy atom. The first-order valence-electron chi connectivity index (χ1n) is 7.79. The summed E-state index contributed by atoms with van der Waals surface area (Å²) in [5, 5.41) is 6.96. The fraction of sp³-hybridized carbons (Fsp3) is 0.263. The van der Waals surface area contributed by atoms with Crippen molar-refractivity contribution in [3.8, 4) is 5.75 Å². The number of ether oxygens (including phenoxy) is 1. The molecule has 132 valence electrons. The molecule has 0 aliphatic carbocycles.